The number of nitro groups is 1. The second-order valence-electron chi connectivity index (χ2n) is 10.7. The van der Waals surface area contributed by atoms with Crippen LogP contribution in [-0.4, -0.2) is 33.4 Å². The number of nitrogens with zero attached hydrogens (tertiary/aromatic N) is 2. The van der Waals surface area contributed by atoms with E-state index in [1.807, 2.05) is 6.08 Å². The first-order valence-electron chi connectivity index (χ1n) is 12.8. The molecule has 1 heterocycles. The molecule has 6 rings (SSSR count). The zero-order valence-corrected chi connectivity index (χ0v) is 23.1. The van der Waals surface area contributed by atoms with Crippen molar-refractivity contribution in [3.63, 3.8) is 0 Å². The van der Waals surface area contributed by atoms with Crippen LogP contribution in [0.1, 0.15) is 35.4 Å². The van der Waals surface area contributed by atoms with Crippen molar-refractivity contribution in [2.75, 3.05) is 4.90 Å². The minimum absolute atomic E-state index is 0.134. The number of hydrogen-bond donors (Lipinski definition) is 1. The number of nitro benzene ring substituents is 1. The molecule has 2 aromatic rings. The Bertz CT molecular complexity index is 1640. The van der Waals surface area contributed by atoms with Crippen LogP contribution in [0, 0.1) is 41.7 Å². The number of carbonyl (C=O) groups excluding carboxylic acids is 4. The number of fused-ring (bicyclic) bond motifs is 3. The number of allylic oxidation sites excluding steroid dienone is 6. The highest BCUT2D eigenvalue weighted by Crippen LogP contribution is 2.56. The number of rotatable bonds is 3. The van der Waals surface area contributed by atoms with Crippen molar-refractivity contribution >= 4 is 50.7 Å². The summed E-state index contributed by atoms with van der Waals surface area (Å²) in [6.07, 6.45) is 3.62. The van der Waals surface area contributed by atoms with Crippen LogP contribution in [-0.2, 0) is 19.2 Å². The lowest BCUT2D eigenvalue weighted by molar-refractivity contribution is -0.384. The summed E-state index contributed by atoms with van der Waals surface area (Å²) in [6.45, 7) is 3.52. The zero-order chi connectivity index (χ0) is 28.6. The van der Waals surface area contributed by atoms with Crippen molar-refractivity contribution in [3.8, 4) is 5.75 Å². The Hall–Kier alpha value is -4.18. The van der Waals surface area contributed by atoms with Crippen molar-refractivity contribution in [2.24, 2.45) is 17.8 Å². The molecule has 2 amide bonds. The second kappa shape index (κ2) is 9.19. The summed E-state index contributed by atoms with van der Waals surface area (Å²) in [5, 5.41) is 21.5. The van der Waals surface area contributed by atoms with Gasteiger partial charge in [-0.1, -0.05) is 23.8 Å². The van der Waals surface area contributed by atoms with Crippen LogP contribution < -0.4 is 4.90 Å². The van der Waals surface area contributed by atoms with Gasteiger partial charge in [0.1, 0.15) is 5.75 Å². The van der Waals surface area contributed by atoms with E-state index in [1.165, 1.54) is 30.3 Å². The lowest BCUT2D eigenvalue weighted by Gasteiger charge is -2.42. The largest absolute Gasteiger partial charge is 0.507 e. The summed E-state index contributed by atoms with van der Waals surface area (Å²) in [7, 11) is 0. The van der Waals surface area contributed by atoms with Crippen molar-refractivity contribution < 1.29 is 29.2 Å². The monoisotopic (exact) mass is 602 g/mol. The van der Waals surface area contributed by atoms with Gasteiger partial charge in [0.05, 0.1) is 26.9 Å². The topological polar surface area (TPSA) is 135 Å². The Kier molecular flexibility index (Phi) is 5.99. The highest BCUT2D eigenvalue weighted by atomic mass is 79.9. The van der Waals surface area contributed by atoms with Gasteiger partial charge >= 0.3 is 0 Å². The van der Waals surface area contributed by atoms with E-state index in [9.17, 15) is 34.4 Å². The van der Waals surface area contributed by atoms with Crippen LogP contribution in [0.15, 0.2) is 69.8 Å². The molecule has 0 saturated carbocycles. The number of imide groups is 1. The summed E-state index contributed by atoms with van der Waals surface area (Å²) in [6, 6.07) is 8.86. The summed E-state index contributed by atoms with van der Waals surface area (Å²) >= 11 is 3.22. The average molecular weight is 603 g/mol. The molecule has 4 unspecified atom stereocenters. The van der Waals surface area contributed by atoms with Gasteiger partial charge in [-0.25, -0.2) is 0 Å². The number of non-ortho nitro benzene ring substituents is 1. The minimum atomic E-state index is -0.758. The van der Waals surface area contributed by atoms with Crippen LogP contribution >= 0.6 is 15.9 Å². The van der Waals surface area contributed by atoms with Gasteiger partial charge in [0.2, 0.25) is 11.8 Å². The maximum absolute atomic E-state index is 13.9. The highest BCUT2D eigenvalue weighted by molar-refractivity contribution is 9.12. The lowest BCUT2D eigenvalue weighted by Crippen LogP contribution is -2.39. The van der Waals surface area contributed by atoms with Crippen LogP contribution in [0.25, 0.3) is 0 Å². The highest BCUT2D eigenvalue weighted by Gasteiger charge is 2.56. The fraction of sp³-hybridized carbons (Fsp3) is 0.267. The van der Waals surface area contributed by atoms with Gasteiger partial charge in [0, 0.05) is 35.3 Å². The smallest absolute Gasteiger partial charge is 0.269 e. The summed E-state index contributed by atoms with van der Waals surface area (Å²) in [4.78, 5) is 65.8. The first-order valence-corrected chi connectivity index (χ1v) is 13.6. The summed E-state index contributed by atoms with van der Waals surface area (Å²) < 4.78 is 0.147. The first-order chi connectivity index (χ1) is 19.0. The first kappa shape index (κ1) is 26.1. The third-order valence-corrected chi connectivity index (χ3v) is 9.09. The van der Waals surface area contributed by atoms with Crippen molar-refractivity contribution in [1.29, 1.82) is 0 Å². The number of halogens is 1. The number of Topliss-reactive ketones (excluding diaryl/α,β-unsaturated/α-hetero) is 1. The van der Waals surface area contributed by atoms with Gasteiger partial charge in [-0.2, -0.15) is 0 Å². The third kappa shape index (κ3) is 3.73. The van der Waals surface area contributed by atoms with Crippen LogP contribution in [0.4, 0.5) is 11.4 Å². The van der Waals surface area contributed by atoms with E-state index >= 15 is 0 Å². The molecule has 4 atom stereocenters. The Morgan fingerprint density at radius 3 is 2.27 bits per heavy atom. The van der Waals surface area contributed by atoms with E-state index in [2.05, 4.69) is 15.9 Å². The number of amides is 2. The molecule has 1 N–H and O–H groups in total. The third-order valence-electron chi connectivity index (χ3n) is 8.50. The van der Waals surface area contributed by atoms with Gasteiger partial charge in [-0.15, -0.1) is 0 Å². The van der Waals surface area contributed by atoms with Crippen LogP contribution in [0.3, 0.4) is 0 Å². The summed E-state index contributed by atoms with van der Waals surface area (Å²) in [5.41, 5.74) is 3.57. The Morgan fingerprint density at radius 2 is 1.65 bits per heavy atom. The quantitative estimate of drug-likeness (QED) is 0.174. The van der Waals surface area contributed by atoms with Gasteiger partial charge in [-0.3, -0.25) is 34.2 Å². The van der Waals surface area contributed by atoms with Gasteiger partial charge in [0.25, 0.3) is 5.69 Å². The number of benzene rings is 2. The molecule has 10 heteroatoms. The fourth-order valence-electron chi connectivity index (χ4n) is 6.72. The molecule has 4 aliphatic rings. The number of aryl methyl sites for hydroxylation is 2. The molecule has 1 fully saturated rings. The minimum Gasteiger partial charge on any atom is -0.507 e. The van der Waals surface area contributed by atoms with Gasteiger partial charge in [-0.05, 0) is 77.4 Å². The van der Waals surface area contributed by atoms with Crippen molar-refractivity contribution in [1.82, 2.24) is 0 Å². The Morgan fingerprint density at radius 1 is 1.00 bits per heavy atom. The van der Waals surface area contributed by atoms with Crippen molar-refractivity contribution in [2.45, 2.75) is 32.6 Å². The number of carbonyl (C=O) groups is 4. The maximum Gasteiger partial charge on any atom is 0.269 e. The Balaban J connectivity index is 1.47. The molecule has 1 saturated heterocycles. The van der Waals surface area contributed by atoms with Gasteiger partial charge < -0.3 is 5.11 Å². The number of phenolic OH excluding ortho intramolecular Hbond substituents is 1. The molecule has 2 aromatic carbocycles. The molecule has 40 heavy (non-hydrogen) atoms. The number of hydrogen-bond acceptors (Lipinski definition) is 7. The van der Waals surface area contributed by atoms with E-state index in [0.29, 0.717) is 22.3 Å². The molecule has 1 aliphatic heterocycles. The van der Waals surface area contributed by atoms with E-state index in [1.54, 1.807) is 26.0 Å². The zero-order valence-electron chi connectivity index (χ0n) is 21.5. The SMILES string of the molecule is Cc1cc(C2C3=CCC4C(=O)N(c5ccc([N+](=O)[O-])cc5)C(=O)C4C3CC3=C2C(=O)C=C(Br)C3=O)cc(C)c1O. The molecule has 0 bridgehead atoms. The molecule has 202 valence electrons. The molecule has 3 aliphatic carbocycles. The molecule has 0 aromatic heterocycles. The predicted octanol–water partition coefficient (Wildman–Crippen LogP) is 4.88. The Labute approximate surface area is 237 Å². The molecular formula is C30H23BrN2O7. The average Bonchev–Trinajstić information content (AvgIpc) is 3.18. The predicted molar refractivity (Wildman–Crippen MR) is 148 cm³/mol. The fourth-order valence-corrected chi connectivity index (χ4v) is 7.17. The van der Waals surface area contributed by atoms with E-state index in [-0.39, 0.29) is 51.9 Å². The molecular weight excluding hydrogens is 580 g/mol. The normalized spacial score (nSPS) is 25.8. The number of aromatic hydroxyl groups is 1. The standard InChI is InChI=1S/C30H23BrN2O7/c1-13-9-15(10-14(2)27(13)35)24-18-7-8-19-25(20(18)11-21-26(24)23(34)12-22(31)28(21)36)30(38)32(29(19)37)16-3-5-17(6-4-16)33(39)40/h3-7,9-10,12,19-20,24-25,35H,8,11H2,1-2H3. The maximum atomic E-state index is 13.9. The van der Waals surface area contributed by atoms with Crippen LogP contribution in [0.5, 0.6) is 5.75 Å². The van der Waals surface area contributed by atoms with E-state index in [0.717, 1.165) is 16.0 Å². The molecule has 9 nitrogen and oxygen atoms in total. The van der Waals surface area contributed by atoms with Gasteiger partial charge in [0.15, 0.2) is 11.6 Å². The molecule has 0 radical (unpaired) electrons. The van der Waals surface area contributed by atoms with Crippen molar-refractivity contribution in [3.05, 3.63) is 96.6 Å². The lowest BCUT2D eigenvalue weighted by atomic mass is 9.59. The number of ketones is 2. The van der Waals surface area contributed by atoms with E-state index < -0.39 is 34.5 Å². The number of anilines is 1. The summed E-state index contributed by atoms with van der Waals surface area (Å²) in [5.74, 6) is -3.82. The molecule has 0 spiro atoms. The second-order valence-corrected chi connectivity index (χ2v) is 11.5. The van der Waals surface area contributed by atoms with Crippen LogP contribution in [0.2, 0.25) is 0 Å². The van der Waals surface area contributed by atoms with E-state index in [4.69, 9.17) is 0 Å². The number of phenols is 1.